The number of nitrogens with one attached hydrogen (secondary N) is 2. The monoisotopic (exact) mass is 346 g/mol. The molecular formula is C20H34N4O. The van der Waals surface area contributed by atoms with Crippen LogP contribution in [0.4, 0.5) is 0 Å². The second-order valence-corrected chi connectivity index (χ2v) is 6.36. The Morgan fingerprint density at radius 1 is 1.24 bits per heavy atom. The van der Waals surface area contributed by atoms with E-state index in [2.05, 4.69) is 41.5 Å². The van der Waals surface area contributed by atoms with Crippen LogP contribution in [0.25, 0.3) is 0 Å². The lowest BCUT2D eigenvalue weighted by Gasteiger charge is -2.21. The van der Waals surface area contributed by atoms with Crippen LogP contribution >= 0.6 is 0 Å². The largest absolute Gasteiger partial charge is 0.494 e. The Hall–Kier alpha value is -1.75. The van der Waals surface area contributed by atoms with E-state index in [-0.39, 0.29) is 0 Å². The molecule has 1 fully saturated rings. The smallest absolute Gasteiger partial charge is 0.191 e. The topological polar surface area (TPSA) is 48.9 Å². The van der Waals surface area contributed by atoms with Gasteiger partial charge in [0, 0.05) is 19.1 Å². The molecule has 1 saturated heterocycles. The van der Waals surface area contributed by atoms with E-state index in [1.165, 1.54) is 24.9 Å². The lowest BCUT2D eigenvalue weighted by Crippen LogP contribution is -2.40. The molecule has 2 N–H and O–H groups in total. The first-order valence-electron chi connectivity index (χ1n) is 9.75. The third kappa shape index (κ3) is 6.24. The summed E-state index contributed by atoms with van der Waals surface area (Å²) < 4.78 is 5.70. The van der Waals surface area contributed by atoms with Crippen LogP contribution in [0.15, 0.2) is 29.3 Å². The van der Waals surface area contributed by atoms with E-state index in [0.717, 1.165) is 44.3 Å². The van der Waals surface area contributed by atoms with Crippen LogP contribution in [-0.4, -0.2) is 56.2 Å². The summed E-state index contributed by atoms with van der Waals surface area (Å²) in [5.74, 6) is 1.90. The fourth-order valence-corrected chi connectivity index (χ4v) is 3.38. The van der Waals surface area contributed by atoms with Crippen molar-refractivity contribution >= 4 is 5.96 Å². The van der Waals surface area contributed by atoms with E-state index >= 15 is 0 Å². The molecule has 0 saturated carbocycles. The molecular weight excluding hydrogens is 312 g/mol. The standard InChI is InChI=1S/C20H34N4O/c1-4-21-20(23-16-18-11-9-15-24(18)5-2)22-14-13-17-10-7-8-12-19(17)25-6-3/h7-8,10,12,18H,4-6,9,11,13-16H2,1-3H3,(H2,21,22,23). The van der Waals surface area contributed by atoms with E-state index < -0.39 is 0 Å². The number of rotatable bonds is 9. The summed E-state index contributed by atoms with van der Waals surface area (Å²) >= 11 is 0. The Kier molecular flexibility index (Phi) is 8.60. The van der Waals surface area contributed by atoms with Crippen molar-refractivity contribution in [3.63, 3.8) is 0 Å². The van der Waals surface area contributed by atoms with Gasteiger partial charge in [0.05, 0.1) is 13.2 Å². The maximum absolute atomic E-state index is 5.70. The molecule has 1 aromatic rings. The minimum atomic E-state index is 0.596. The molecule has 1 unspecified atom stereocenters. The number of benzene rings is 1. The summed E-state index contributed by atoms with van der Waals surface area (Å²) in [6.45, 7) is 12.0. The minimum absolute atomic E-state index is 0.596. The molecule has 0 bridgehead atoms. The Bertz CT molecular complexity index is 532. The average molecular weight is 347 g/mol. The average Bonchev–Trinajstić information content (AvgIpc) is 3.09. The molecule has 140 valence electrons. The highest BCUT2D eigenvalue weighted by Crippen LogP contribution is 2.18. The highest BCUT2D eigenvalue weighted by atomic mass is 16.5. The van der Waals surface area contributed by atoms with Gasteiger partial charge in [0.1, 0.15) is 5.75 Å². The van der Waals surface area contributed by atoms with Crippen molar-refractivity contribution in [2.75, 3.05) is 39.3 Å². The molecule has 1 aliphatic rings. The number of para-hydroxylation sites is 1. The molecule has 0 aromatic heterocycles. The van der Waals surface area contributed by atoms with Gasteiger partial charge in [0.25, 0.3) is 0 Å². The summed E-state index contributed by atoms with van der Waals surface area (Å²) in [4.78, 5) is 7.34. The zero-order chi connectivity index (χ0) is 17.9. The summed E-state index contributed by atoms with van der Waals surface area (Å²) in [6, 6.07) is 8.86. The number of hydrogen-bond donors (Lipinski definition) is 2. The lowest BCUT2D eigenvalue weighted by atomic mass is 10.1. The fraction of sp³-hybridized carbons (Fsp3) is 0.650. The Morgan fingerprint density at radius 3 is 2.84 bits per heavy atom. The number of hydrogen-bond acceptors (Lipinski definition) is 3. The van der Waals surface area contributed by atoms with E-state index in [4.69, 9.17) is 9.73 Å². The maximum atomic E-state index is 5.70. The van der Waals surface area contributed by atoms with Crippen LogP contribution in [0.5, 0.6) is 5.75 Å². The second kappa shape index (κ2) is 11.0. The predicted octanol–water partition coefficient (Wildman–Crippen LogP) is 2.67. The molecule has 1 aromatic carbocycles. The van der Waals surface area contributed by atoms with Crippen molar-refractivity contribution in [3.05, 3.63) is 29.8 Å². The van der Waals surface area contributed by atoms with Crippen molar-refractivity contribution in [2.24, 2.45) is 4.99 Å². The lowest BCUT2D eigenvalue weighted by molar-refractivity contribution is 0.273. The van der Waals surface area contributed by atoms with Crippen LogP contribution in [0.1, 0.15) is 39.2 Å². The Labute approximate surface area is 152 Å². The molecule has 1 aliphatic heterocycles. The number of guanidine groups is 1. The SMILES string of the molecule is CCNC(=NCC1CCCN1CC)NCCc1ccccc1OCC. The molecule has 25 heavy (non-hydrogen) atoms. The Morgan fingerprint density at radius 2 is 2.08 bits per heavy atom. The second-order valence-electron chi connectivity index (χ2n) is 6.36. The van der Waals surface area contributed by atoms with E-state index in [1.54, 1.807) is 0 Å². The number of aliphatic imine (C=N–C) groups is 1. The van der Waals surface area contributed by atoms with Crippen LogP contribution in [0.2, 0.25) is 0 Å². The van der Waals surface area contributed by atoms with E-state index in [1.807, 2.05) is 19.1 Å². The van der Waals surface area contributed by atoms with Gasteiger partial charge in [-0.2, -0.15) is 0 Å². The van der Waals surface area contributed by atoms with Gasteiger partial charge in [0.15, 0.2) is 5.96 Å². The number of nitrogens with zero attached hydrogens (tertiary/aromatic N) is 2. The molecule has 5 nitrogen and oxygen atoms in total. The number of likely N-dealkylation sites (N-methyl/N-ethyl adjacent to an activating group) is 1. The first-order chi connectivity index (χ1) is 12.3. The predicted molar refractivity (Wildman–Crippen MR) is 106 cm³/mol. The van der Waals surface area contributed by atoms with Gasteiger partial charge < -0.3 is 15.4 Å². The van der Waals surface area contributed by atoms with Crippen molar-refractivity contribution in [1.82, 2.24) is 15.5 Å². The van der Waals surface area contributed by atoms with Gasteiger partial charge >= 0.3 is 0 Å². The van der Waals surface area contributed by atoms with Gasteiger partial charge in [-0.1, -0.05) is 25.1 Å². The van der Waals surface area contributed by atoms with Crippen molar-refractivity contribution in [3.8, 4) is 5.75 Å². The quantitative estimate of drug-likeness (QED) is 0.533. The normalized spacial score (nSPS) is 18.4. The van der Waals surface area contributed by atoms with Crippen molar-refractivity contribution in [2.45, 2.75) is 46.1 Å². The summed E-state index contributed by atoms with van der Waals surface area (Å²) in [6.07, 6.45) is 3.48. The highest BCUT2D eigenvalue weighted by molar-refractivity contribution is 5.79. The Balaban J connectivity index is 1.86. The molecule has 1 atom stereocenters. The molecule has 0 aliphatic carbocycles. The van der Waals surface area contributed by atoms with E-state index in [9.17, 15) is 0 Å². The van der Waals surface area contributed by atoms with Gasteiger partial charge in [-0.3, -0.25) is 9.89 Å². The number of ether oxygens (including phenoxy) is 1. The molecule has 1 heterocycles. The van der Waals surface area contributed by atoms with Crippen LogP contribution in [0, 0.1) is 0 Å². The van der Waals surface area contributed by atoms with Gasteiger partial charge in [-0.25, -0.2) is 0 Å². The van der Waals surface area contributed by atoms with Crippen LogP contribution in [0.3, 0.4) is 0 Å². The first kappa shape index (κ1) is 19.6. The van der Waals surface area contributed by atoms with Gasteiger partial charge in [-0.15, -0.1) is 0 Å². The third-order valence-electron chi connectivity index (χ3n) is 4.67. The summed E-state index contributed by atoms with van der Waals surface area (Å²) in [7, 11) is 0. The fourth-order valence-electron chi connectivity index (χ4n) is 3.38. The summed E-state index contributed by atoms with van der Waals surface area (Å²) in [5, 5.41) is 6.81. The van der Waals surface area contributed by atoms with Gasteiger partial charge in [0.2, 0.25) is 0 Å². The highest BCUT2D eigenvalue weighted by Gasteiger charge is 2.22. The van der Waals surface area contributed by atoms with Crippen LogP contribution < -0.4 is 15.4 Å². The molecule has 0 amide bonds. The molecule has 2 rings (SSSR count). The minimum Gasteiger partial charge on any atom is -0.494 e. The molecule has 5 heteroatoms. The number of likely N-dealkylation sites (tertiary alicyclic amines) is 1. The van der Waals surface area contributed by atoms with E-state index in [0.29, 0.717) is 12.6 Å². The van der Waals surface area contributed by atoms with Crippen molar-refractivity contribution < 1.29 is 4.74 Å². The van der Waals surface area contributed by atoms with Gasteiger partial charge in [-0.05, 0) is 57.8 Å². The molecule has 0 spiro atoms. The maximum Gasteiger partial charge on any atom is 0.191 e. The zero-order valence-corrected chi connectivity index (χ0v) is 16.1. The van der Waals surface area contributed by atoms with Crippen molar-refractivity contribution in [1.29, 1.82) is 0 Å². The summed E-state index contributed by atoms with van der Waals surface area (Å²) in [5.41, 5.74) is 1.24. The first-order valence-corrected chi connectivity index (χ1v) is 9.75. The van der Waals surface area contributed by atoms with Crippen LogP contribution in [-0.2, 0) is 6.42 Å². The molecule has 0 radical (unpaired) electrons. The third-order valence-corrected chi connectivity index (χ3v) is 4.67. The zero-order valence-electron chi connectivity index (χ0n) is 16.1.